The lowest BCUT2D eigenvalue weighted by Crippen LogP contribution is -2.54. The van der Waals surface area contributed by atoms with Crippen molar-refractivity contribution in [1.29, 1.82) is 0 Å². The number of halogens is 3. The van der Waals surface area contributed by atoms with Gasteiger partial charge in [0.1, 0.15) is 36.9 Å². The number of hydrogen-bond acceptors (Lipinski definition) is 15. The normalized spacial score (nSPS) is 17.9. The quantitative estimate of drug-likeness (QED) is 0.0378. The van der Waals surface area contributed by atoms with E-state index in [-0.39, 0.29) is 60.4 Å². The predicted octanol–water partition coefficient (Wildman–Crippen LogP) is 9.02. The molecule has 4 aliphatic rings. The highest BCUT2D eigenvalue weighted by molar-refractivity contribution is 6.61. The summed E-state index contributed by atoms with van der Waals surface area (Å²) < 4.78 is 40.3. The average molecular weight is 1340 g/mol. The van der Waals surface area contributed by atoms with Gasteiger partial charge in [0.05, 0.1) is 36.2 Å². The van der Waals surface area contributed by atoms with Gasteiger partial charge in [0.15, 0.2) is 0 Å². The highest BCUT2D eigenvalue weighted by Crippen LogP contribution is 2.45. The Morgan fingerprint density at radius 2 is 0.990 bits per heavy atom. The molecule has 3 N–H and O–H groups in total. The summed E-state index contributed by atoms with van der Waals surface area (Å²) in [5.41, 5.74) is 5.62. The van der Waals surface area contributed by atoms with Crippen LogP contribution in [0.5, 0.6) is 0 Å². The van der Waals surface area contributed by atoms with Gasteiger partial charge in [-0.2, -0.15) is 0 Å². The smallest absolute Gasteiger partial charge is 0.410 e. The molecule has 2 aliphatic heterocycles. The molecule has 0 bridgehead atoms. The zero-order valence-corrected chi connectivity index (χ0v) is 55.1. The number of carbonyl (C=O) groups excluding carboxylic acids is 6. The van der Waals surface area contributed by atoms with Gasteiger partial charge in [-0.15, -0.1) is 10.2 Å². The third kappa shape index (κ3) is 20.9. The summed E-state index contributed by atoms with van der Waals surface area (Å²) in [5, 5.41) is 25.1. The maximum atomic E-state index is 13.8. The van der Waals surface area contributed by atoms with E-state index in [0.717, 1.165) is 85.6 Å². The van der Waals surface area contributed by atoms with Gasteiger partial charge in [-0.1, -0.05) is 95.4 Å². The minimum Gasteiger partial charge on any atom is -0.449 e. The largest absolute Gasteiger partial charge is 0.449 e. The molecule has 0 unspecified atom stereocenters. The maximum absolute atomic E-state index is 13.8. The summed E-state index contributed by atoms with van der Waals surface area (Å²) in [6.45, 7) is 7.09. The second-order valence-electron chi connectivity index (χ2n) is 24.5. The molecule has 8 aromatic rings. The highest BCUT2D eigenvalue weighted by atomic mass is 35.5. The highest BCUT2D eigenvalue weighted by Gasteiger charge is 2.45. The van der Waals surface area contributed by atoms with E-state index in [1.165, 1.54) is 24.3 Å². The second kappa shape index (κ2) is 34.8. The van der Waals surface area contributed by atoms with Gasteiger partial charge in [0.2, 0.25) is 11.8 Å². The molecular formula is C72H81ClF2N14O8. The number of carbonyl (C=O) groups is 6. The third-order valence-corrected chi connectivity index (χ3v) is 17.7. The zero-order chi connectivity index (χ0) is 68.0. The summed E-state index contributed by atoms with van der Waals surface area (Å²) in [6, 6.07) is 44.8. The van der Waals surface area contributed by atoms with E-state index in [9.17, 15) is 37.5 Å². The van der Waals surface area contributed by atoms with Crippen molar-refractivity contribution in [2.24, 2.45) is 0 Å². The van der Waals surface area contributed by atoms with Crippen LogP contribution in [0, 0.1) is 11.6 Å². The van der Waals surface area contributed by atoms with Crippen molar-refractivity contribution in [3.05, 3.63) is 228 Å². The number of nitrogens with zero attached hydrogens (tertiary/aromatic N) is 11. The molecule has 2 aromatic heterocycles. The standard InChI is InChI=1S/C36H40FN7O4.C28H34FN7O2.C8H7ClO2/c1-41-20-22-42(23-21-41)35(46)32(39-34(45)28-11-15-30(16-12-28)44-19-17-38-40-44)8-5-18-43(36(47)48-25-26-6-3-2-4-7-26)33-24-31(33)27-9-13-29(37)14-10-27;1-34-15-17-35(18-16-34)28(38)25(3-2-12-30-26-19-24(26)20-4-8-22(29)9-5-20)32-27(37)21-6-10-23(11-7-21)36-14-13-31-33-36;9-8(10)11-6-7-4-2-1-3-5-7/h2-4,6-7,9-17,19,31-33H,5,8,18,20-25H2,1H3,(H,39,45);4-11,13-14,24-26,30H,2-3,12,15-19H2,1H3,(H,32,37);1-5H,6H2/t31-,32+,33+;24-,25+,26+;/m00./s1. The molecule has 6 atom stereocenters. The van der Waals surface area contributed by atoms with Crippen LogP contribution in [0.15, 0.2) is 183 Å². The summed E-state index contributed by atoms with van der Waals surface area (Å²) >= 11 is 4.97. The van der Waals surface area contributed by atoms with Crippen molar-refractivity contribution in [1.82, 2.24) is 70.4 Å². The van der Waals surface area contributed by atoms with Crippen molar-refractivity contribution in [2.45, 2.75) is 87.7 Å². The molecule has 2 saturated carbocycles. The zero-order valence-electron chi connectivity index (χ0n) is 54.3. The Balaban J connectivity index is 0.000000185. The minimum atomic E-state index is -0.773. The van der Waals surface area contributed by atoms with E-state index in [0.29, 0.717) is 75.1 Å². The number of likely N-dealkylation sites (N-methyl/N-ethyl adjacent to an activating group) is 2. The Morgan fingerprint density at radius 1 is 0.546 bits per heavy atom. The van der Waals surface area contributed by atoms with E-state index in [4.69, 9.17) is 16.3 Å². The summed E-state index contributed by atoms with van der Waals surface area (Å²) in [5.74, 6) is -0.843. The molecular weight excluding hydrogens is 1260 g/mol. The lowest BCUT2D eigenvalue weighted by molar-refractivity contribution is -0.135. The van der Waals surface area contributed by atoms with Crippen LogP contribution in [0.1, 0.15) is 93.3 Å². The van der Waals surface area contributed by atoms with Crippen LogP contribution in [0.4, 0.5) is 18.4 Å². The maximum Gasteiger partial charge on any atom is 0.410 e. The molecule has 97 heavy (non-hydrogen) atoms. The Bertz CT molecular complexity index is 3790. The molecule has 5 amide bonds. The van der Waals surface area contributed by atoms with Crippen molar-refractivity contribution in [2.75, 3.05) is 79.5 Å². The fourth-order valence-corrected chi connectivity index (χ4v) is 11.8. The number of benzene rings is 6. The van der Waals surface area contributed by atoms with Crippen LogP contribution in [-0.2, 0) is 32.3 Å². The van der Waals surface area contributed by atoms with Gasteiger partial charge < -0.3 is 49.9 Å². The topological polar surface area (TPSA) is 235 Å². The number of ether oxygens (including phenoxy) is 2. The molecule has 25 heteroatoms. The monoisotopic (exact) mass is 1340 g/mol. The van der Waals surface area contributed by atoms with Crippen LogP contribution in [-0.4, -0.2) is 193 Å². The van der Waals surface area contributed by atoms with Crippen LogP contribution < -0.4 is 16.0 Å². The minimum absolute atomic E-state index is 0.0266. The van der Waals surface area contributed by atoms with Gasteiger partial charge >= 0.3 is 11.5 Å². The lowest BCUT2D eigenvalue weighted by atomic mass is 10.1. The fraction of sp³-hybridized carbons (Fsp3) is 0.361. The Morgan fingerprint density at radius 3 is 1.43 bits per heavy atom. The molecule has 6 aromatic carbocycles. The van der Waals surface area contributed by atoms with Gasteiger partial charge in [0.25, 0.3) is 11.8 Å². The van der Waals surface area contributed by atoms with E-state index in [1.54, 1.807) is 105 Å². The molecule has 2 aliphatic carbocycles. The van der Waals surface area contributed by atoms with Crippen molar-refractivity contribution in [3.63, 3.8) is 0 Å². The summed E-state index contributed by atoms with van der Waals surface area (Å²) in [7, 11) is 4.07. The third-order valence-electron chi connectivity index (χ3n) is 17.6. The van der Waals surface area contributed by atoms with Crippen molar-refractivity contribution >= 4 is 46.8 Å². The first-order chi connectivity index (χ1) is 47.1. The number of amides is 5. The molecule has 2 saturated heterocycles. The van der Waals surface area contributed by atoms with Crippen LogP contribution in [0.3, 0.4) is 0 Å². The van der Waals surface area contributed by atoms with Gasteiger partial charge in [-0.05, 0) is 154 Å². The molecule has 508 valence electrons. The Hall–Kier alpha value is -9.75. The second-order valence-corrected chi connectivity index (χ2v) is 24.9. The number of piperazine rings is 2. The van der Waals surface area contributed by atoms with Crippen LogP contribution in [0.2, 0.25) is 0 Å². The molecule has 12 rings (SSSR count). The van der Waals surface area contributed by atoms with E-state index >= 15 is 0 Å². The SMILES string of the molecule is CN1CCN(C(=O)[C@@H](CCCN(C(=O)OCc2ccccc2)[C@@H]2C[C@H]2c2ccc(F)cc2)NC(=O)c2ccc(-n3ccnn3)cc2)CC1.CN1CCN(C(=O)[C@@H](CCCN[C@@H]2C[C@H]2c2ccc(F)cc2)NC(=O)c2ccc(-n3ccnn3)cc2)CC1.O=C(Cl)OCc1ccccc1. The van der Waals surface area contributed by atoms with E-state index in [1.807, 2.05) is 91.8 Å². The summed E-state index contributed by atoms with van der Waals surface area (Å²) in [4.78, 5) is 87.1. The number of aromatic nitrogens is 6. The molecule has 0 radical (unpaired) electrons. The van der Waals surface area contributed by atoms with Gasteiger partial charge in [-0.3, -0.25) is 19.2 Å². The Labute approximate surface area is 567 Å². The van der Waals surface area contributed by atoms with E-state index in [2.05, 4.69) is 51.1 Å². The average Bonchev–Trinajstić information content (AvgIpc) is 1.64. The van der Waals surface area contributed by atoms with Gasteiger partial charge in [0, 0.05) is 106 Å². The Kier molecular flexibility index (Phi) is 25.1. The van der Waals surface area contributed by atoms with Crippen LogP contribution in [0.25, 0.3) is 11.4 Å². The number of hydrogen-bond donors (Lipinski definition) is 3. The van der Waals surface area contributed by atoms with Gasteiger partial charge in [-0.25, -0.2) is 27.7 Å². The molecule has 4 heterocycles. The lowest BCUT2D eigenvalue weighted by Gasteiger charge is -2.35. The molecule has 0 spiro atoms. The first-order valence-corrected chi connectivity index (χ1v) is 33.1. The van der Waals surface area contributed by atoms with E-state index < -0.39 is 23.6 Å². The first-order valence-electron chi connectivity index (χ1n) is 32.7. The molecule has 4 fully saturated rings. The first kappa shape index (κ1) is 70.1. The van der Waals surface area contributed by atoms with Crippen molar-refractivity contribution in [3.8, 4) is 11.4 Å². The molecule has 22 nitrogen and oxygen atoms in total. The fourth-order valence-electron chi connectivity index (χ4n) is 11.8. The van der Waals surface area contributed by atoms with Crippen LogP contribution >= 0.6 is 11.6 Å². The van der Waals surface area contributed by atoms with Crippen molar-refractivity contribution < 1.29 is 47.0 Å². The number of rotatable bonds is 24. The number of nitrogens with one attached hydrogen (secondary N) is 3. The summed E-state index contributed by atoms with van der Waals surface area (Å²) in [6.07, 6.45) is 10.0. The predicted molar refractivity (Wildman–Crippen MR) is 361 cm³/mol.